The molecule has 0 saturated carbocycles. The Bertz CT molecular complexity index is 369. The summed E-state index contributed by atoms with van der Waals surface area (Å²) in [5.74, 6) is 0.406. The monoisotopic (exact) mass is 235 g/mol. The van der Waals surface area contributed by atoms with Crippen LogP contribution in [0, 0.1) is 5.92 Å². The van der Waals surface area contributed by atoms with Crippen molar-refractivity contribution in [2.45, 2.75) is 13.0 Å². The number of ether oxygens (including phenoxy) is 1. The number of nitrogens with zero attached hydrogens (tertiary/aromatic N) is 1. The molecule has 1 amide bonds. The summed E-state index contributed by atoms with van der Waals surface area (Å²) in [5, 5.41) is 6.06. The predicted octanol–water partition coefficient (Wildman–Crippen LogP) is 0.645. The Kier molecular flexibility index (Phi) is 4.06. The molecule has 1 saturated heterocycles. The summed E-state index contributed by atoms with van der Waals surface area (Å²) in [6.45, 7) is 3.91. The minimum absolute atomic E-state index is 0.0350. The number of likely N-dealkylation sites (N-methyl/N-ethyl adjacent to an activating group) is 1. The maximum absolute atomic E-state index is 12.0. The summed E-state index contributed by atoms with van der Waals surface area (Å²) in [6, 6.07) is 5.53. The van der Waals surface area contributed by atoms with Gasteiger partial charge in [0.15, 0.2) is 0 Å². The summed E-state index contributed by atoms with van der Waals surface area (Å²) in [6.07, 6.45) is 1.66. The van der Waals surface area contributed by atoms with Gasteiger partial charge in [0.05, 0.1) is 19.1 Å². The maximum Gasteiger partial charge on any atom is 0.232 e. The van der Waals surface area contributed by atoms with Crippen molar-refractivity contribution in [3.05, 3.63) is 24.4 Å². The molecule has 2 unspecified atom stereocenters. The second-order valence-electron chi connectivity index (χ2n) is 4.01. The summed E-state index contributed by atoms with van der Waals surface area (Å²) in [5.41, 5.74) is 0. The Morgan fingerprint density at radius 3 is 3.12 bits per heavy atom. The molecule has 1 aliphatic rings. The molecule has 2 rings (SSSR count). The average molecular weight is 235 g/mol. The van der Waals surface area contributed by atoms with Crippen LogP contribution in [0.5, 0.6) is 0 Å². The van der Waals surface area contributed by atoms with Crippen molar-refractivity contribution in [3.63, 3.8) is 0 Å². The van der Waals surface area contributed by atoms with E-state index in [1.165, 1.54) is 0 Å². The minimum atomic E-state index is -0.142. The van der Waals surface area contributed by atoms with E-state index >= 15 is 0 Å². The van der Waals surface area contributed by atoms with Gasteiger partial charge in [-0.15, -0.1) is 0 Å². The lowest BCUT2D eigenvalue weighted by atomic mass is 10.0. The SMILES string of the molecule is CCNC1COCC1C(=O)Nc1ccccn1. The van der Waals surface area contributed by atoms with Gasteiger partial charge in [-0.05, 0) is 18.7 Å². The van der Waals surface area contributed by atoms with Crippen LogP contribution in [0.4, 0.5) is 5.82 Å². The number of hydrogen-bond donors (Lipinski definition) is 2. The van der Waals surface area contributed by atoms with Crippen LogP contribution in [0.3, 0.4) is 0 Å². The molecule has 2 N–H and O–H groups in total. The number of anilines is 1. The molecule has 92 valence electrons. The third kappa shape index (κ3) is 3.01. The number of amides is 1. The van der Waals surface area contributed by atoms with Gasteiger partial charge in [-0.25, -0.2) is 4.98 Å². The van der Waals surface area contributed by atoms with E-state index in [0.717, 1.165) is 6.54 Å². The van der Waals surface area contributed by atoms with Gasteiger partial charge in [0, 0.05) is 12.2 Å². The molecule has 2 atom stereocenters. The number of rotatable bonds is 4. The molecule has 0 bridgehead atoms. The zero-order valence-corrected chi connectivity index (χ0v) is 9.85. The summed E-state index contributed by atoms with van der Waals surface area (Å²) >= 11 is 0. The van der Waals surface area contributed by atoms with Crippen molar-refractivity contribution in [1.82, 2.24) is 10.3 Å². The van der Waals surface area contributed by atoms with Crippen LogP contribution < -0.4 is 10.6 Å². The number of hydrogen-bond acceptors (Lipinski definition) is 4. The number of pyridine rings is 1. The van der Waals surface area contributed by atoms with E-state index in [-0.39, 0.29) is 17.9 Å². The van der Waals surface area contributed by atoms with Gasteiger partial charge in [0.2, 0.25) is 5.91 Å². The van der Waals surface area contributed by atoms with E-state index in [2.05, 4.69) is 15.6 Å². The number of carbonyl (C=O) groups is 1. The Morgan fingerprint density at radius 1 is 1.53 bits per heavy atom. The second kappa shape index (κ2) is 5.75. The van der Waals surface area contributed by atoms with Crippen molar-refractivity contribution < 1.29 is 9.53 Å². The molecule has 0 spiro atoms. The molecule has 2 heterocycles. The lowest BCUT2D eigenvalue weighted by molar-refractivity contribution is -0.120. The smallest absolute Gasteiger partial charge is 0.232 e. The molecule has 1 fully saturated rings. The van der Waals surface area contributed by atoms with Crippen molar-refractivity contribution in [3.8, 4) is 0 Å². The average Bonchev–Trinajstić information content (AvgIpc) is 2.79. The number of nitrogens with one attached hydrogen (secondary N) is 2. The highest BCUT2D eigenvalue weighted by molar-refractivity contribution is 5.92. The fourth-order valence-corrected chi connectivity index (χ4v) is 1.93. The Morgan fingerprint density at radius 2 is 2.41 bits per heavy atom. The fraction of sp³-hybridized carbons (Fsp3) is 0.500. The Balaban J connectivity index is 1.95. The molecule has 1 aliphatic heterocycles. The highest BCUT2D eigenvalue weighted by Crippen LogP contribution is 2.15. The van der Waals surface area contributed by atoms with E-state index in [0.29, 0.717) is 19.0 Å². The van der Waals surface area contributed by atoms with Gasteiger partial charge in [-0.2, -0.15) is 0 Å². The zero-order valence-electron chi connectivity index (χ0n) is 9.85. The quantitative estimate of drug-likeness (QED) is 0.804. The highest BCUT2D eigenvalue weighted by atomic mass is 16.5. The standard InChI is InChI=1S/C12H17N3O2/c1-2-13-10-8-17-7-9(10)12(16)15-11-5-3-4-6-14-11/h3-6,9-10,13H,2,7-8H2,1H3,(H,14,15,16). The molecule has 0 aromatic carbocycles. The van der Waals surface area contributed by atoms with Gasteiger partial charge < -0.3 is 15.4 Å². The van der Waals surface area contributed by atoms with Gasteiger partial charge in [0.1, 0.15) is 5.82 Å². The second-order valence-corrected chi connectivity index (χ2v) is 4.01. The Hall–Kier alpha value is -1.46. The first-order valence-electron chi connectivity index (χ1n) is 5.84. The minimum Gasteiger partial charge on any atom is -0.379 e. The topological polar surface area (TPSA) is 63.2 Å². The molecular formula is C12H17N3O2. The first-order chi connectivity index (χ1) is 8.31. The number of aromatic nitrogens is 1. The van der Waals surface area contributed by atoms with Gasteiger partial charge >= 0.3 is 0 Å². The van der Waals surface area contributed by atoms with Crippen LogP contribution in [-0.2, 0) is 9.53 Å². The van der Waals surface area contributed by atoms with Crippen molar-refractivity contribution >= 4 is 11.7 Å². The van der Waals surface area contributed by atoms with Gasteiger partial charge in [0.25, 0.3) is 0 Å². The zero-order chi connectivity index (χ0) is 12.1. The van der Waals surface area contributed by atoms with Gasteiger partial charge in [-0.3, -0.25) is 4.79 Å². The van der Waals surface area contributed by atoms with Crippen LogP contribution in [0.2, 0.25) is 0 Å². The van der Waals surface area contributed by atoms with E-state index in [4.69, 9.17) is 4.74 Å². The fourth-order valence-electron chi connectivity index (χ4n) is 1.93. The van der Waals surface area contributed by atoms with Crippen LogP contribution in [-0.4, -0.2) is 36.7 Å². The molecule has 5 heteroatoms. The summed E-state index contributed by atoms with van der Waals surface area (Å²) in [4.78, 5) is 16.1. The highest BCUT2D eigenvalue weighted by Gasteiger charge is 2.33. The molecule has 17 heavy (non-hydrogen) atoms. The van der Waals surface area contributed by atoms with Gasteiger partial charge in [-0.1, -0.05) is 13.0 Å². The first kappa shape index (κ1) is 12.0. The van der Waals surface area contributed by atoms with Crippen LogP contribution in [0.25, 0.3) is 0 Å². The summed E-state index contributed by atoms with van der Waals surface area (Å²) in [7, 11) is 0. The third-order valence-corrected chi connectivity index (χ3v) is 2.80. The molecule has 5 nitrogen and oxygen atoms in total. The van der Waals surface area contributed by atoms with E-state index in [9.17, 15) is 4.79 Å². The maximum atomic E-state index is 12.0. The van der Waals surface area contributed by atoms with Crippen molar-refractivity contribution in [2.75, 3.05) is 25.1 Å². The first-order valence-corrected chi connectivity index (χ1v) is 5.84. The van der Waals surface area contributed by atoms with Crippen molar-refractivity contribution in [1.29, 1.82) is 0 Å². The normalized spacial score (nSPS) is 23.6. The lowest BCUT2D eigenvalue weighted by Gasteiger charge is -2.17. The summed E-state index contributed by atoms with van der Waals surface area (Å²) < 4.78 is 5.34. The van der Waals surface area contributed by atoms with E-state index < -0.39 is 0 Å². The number of carbonyl (C=O) groups excluding carboxylic acids is 1. The van der Waals surface area contributed by atoms with Crippen LogP contribution in [0.15, 0.2) is 24.4 Å². The Labute approximate surface area is 101 Å². The van der Waals surface area contributed by atoms with E-state index in [1.54, 1.807) is 12.3 Å². The van der Waals surface area contributed by atoms with Crippen LogP contribution >= 0.6 is 0 Å². The van der Waals surface area contributed by atoms with E-state index in [1.807, 2.05) is 19.1 Å². The molecular weight excluding hydrogens is 218 g/mol. The van der Waals surface area contributed by atoms with Crippen molar-refractivity contribution in [2.24, 2.45) is 5.92 Å². The molecule has 0 aliphatic carbocycles. The van der Waals surface area contributed by atoms with Crippen LogP contribution in [0.1, 0.15) is 6.92 Å². The third-order valence-electron chi connectivity index (χ3n) is 2.80. The molecule has 0 radical (unpaired) electrons. The molecule has 1 aromatic heterocycles. The largest absolute Gasteiger partial charge is 0.379 e. The lowest BCUT2D eigenvalue weighted by Crippen LogP contribution is -2.41. The molecule has 1 aromatic rings. The predicted molar refractivity (Wildman–Crippen MR) is 64.6 cm³/mol.